The van der Waals surface area contributed by atoms with E-state index >= 15 is 0 Å². The number of hydrogen-bond acceptors (Lipinski definition) is 5. The molecule has 18 heavy (non-hydrogen) atoms. The van der Waals surface area contributed by atoms with Gasteiger partial charge in [-0.15, -0.1) is 0 Å². The first kappa shape index (κ1) is 13.7. The lowest BCUT2D eigenvalue weighted by molar-refractivity contribution is -0.147. The molecule has 2 saturated heterocycles. The first-order chi connectivity index (χ1) is 8.46. The Hall–Kier alpha value is -0.700. The van der Waals surface area contributed by atoms with Crippen molar-refractivity contribution in [1.29, 1.82) is 0 Å². The molecule has 8 heteroatoms. The molecule has 2 aliphatic heterocycles. The van der Waals surface area contributed by atoms with E-state index in [4.69, 9.17) is 10.5 Å². The fourth-order valence-electron chi connectivity index (χ4n) is 2.30. The molecule has 0 amide bonds. The number of esters is 1. The Kier molecular flexibility index (Phi) is 3.90. The summed E-state index contributed by atoms with van der Waals surface area (Å²) in [5.41, 5.74) is 5.59. The van der Waals surface area contributed by atoms with Gasteiger partial charge in [0.15, 0.2) is 0 Å². The largest absolute Gasteiger partial charge is 0.465 e. The lowest BCUT2D eigenvalue weighted by Crippen LogP contribution is -2.62. The molecule has 104 valence electrons. The van der Waals surface area contributed by atoms with Crippen molar-refractivity contribution in [1.82, 2.24) is 8.61 Å². The van der Waals surface area contributed by atoms with Crippen LogP contribution in [0.15, 0.2) is 0 Å². The van der Waals surface area contributed by atoms with Crippen molar-refractivity contribution in [2.24, 2.45) is 5.73 Å². The van der Waals surface area contributed by atoms with Gasteiger partial charge in [-0.1, -0.05) is 0 Å². The molecule has 0 aromatic rings. The maximum atomic E-state index is 12.3. The van der Waals surface area contributed by atoms with Crippen molar-refractivity contribution >= 4 is 16.2 Å². The SMILES string of the molecule is CCOC(=O)C1CCCN1S(=O)(=O)N1CC(N)C1. The van der Waals surface area contributed by atoms with Gasteiger partial charge >= 0.3 is 5.97 Å². The van der Waals surface area contributed by atoms with Gasteiger partial charge < -0.3 is 10.5 Å². The van der Waals surface area contributed by atoms with Crippen molar-refractivity contribution in [3.63, 3.8) is 0 Å². The average Bonchev–Trinajstić information content (AvgIpc) is 2.74. The zero-order valence-electron chi connectivity index (χ0n) is 10.4. The minimum absolute atomic E-state index is 0.0941. The number of carbonyl (C=O) groups is 1. The second kappa shape index (κ2) is 5.12. The third-order valence-corrected chi connectivity index (χ3v) is 5.24. The Morgan fingerprint density at radius 3 is 2.67 bits per heavy atom. The van der Waals surface area contributed by atoms with E-state index in [-0.39, 0.29) is 12.6 Å². The minimum Gasteiger partial charge on any atom is -0.465 e. The number of nitrogens with zero attached hydrogens (tertiary/aromatic N) is 2. The van der Waals surface area contributed by atoms with E-state index in [0.29, 0.717) is 32.5 Å². The molecule has 2 N–H and O–H groups in total. The molecule has 0 saturated carbocycles. The summed E-state index contributed by atoms with van der Waals surface area (Å²) in [6.45, 7) is 3.00. The summed E-state index contributed by atoms with van der Waals surface area (Å²) in [5, 5.41) is 0. The third-order valence-electron chi connectivity index (χ3n) is 3.26. The molecule has 7 nitrogen and oxygen atoms in total. The summed E-state index contributed by atoms with van der Waals surface area (Å²) in [6, 6.07) is -0.768. The molecular weight excluding hydrogens is 258 g/mol. The van der Waals surface area contributed by atoms with Crippen LogP contribution in [0.5, 0.6) is 0 Å². The number of rotatable bonds is 4. The van der Waals surface area contributed by atoms with Crippen LogP contribution in [0.4, 0.5) is 0 Å². The number of hydrogen-bond donors (Lipinski definition) is 1. The zero-order valence-corrected chi connectivity index (χ0v) is 11.2. The molecular formula is C10H19N3O4S. The molecule has 0 aliphatic carbocycles. The van der Waals surface area contributed by atoms with Crippen molar-refractivity contribution in [2.45, 2.75) is 31.8 Å². The maximum absolute atomic E-state index is 12.3. The van der Waals surface area contributed by atoms with E-state index < -0.39 is 22.2 Å². The summed E-state index contributed by atoms with van der Waals surface area (Å²) >= 11 is 0. The predicted octanol–water partition coefficient (Wildman–Crippen LogP) is -1.10. The highest BCUT2D eigenvalue weighted by Gasteiger charge is 2.45. The van der Waals surface area contributed by atoms with Crippen LogP contribution < -0.4 is 5.73 Å². The highest BCUT2D eigenvalue weighted by molar-refractivity contribution is 7.86. The van der Waals surface area contributed by atoms with Crippen LogP contribution in [0.2, 0.25) is 0 Å². The number of carbonyl (C=O) groups excluding carboxylic acids is 1. The van der Waals surface area contributed by atoms with Crippen LogP contribution in [-0.4, -0.2) is 61.3 Å². The topological polar surface area (TPSA) is 92.9 Å². The predicted molar refractivity (Wildman–Crippen MR) is 64.8 cm³/mol. The second-order valence-corrected chi connectivity index (χ2v) is 6.49. The third kappa shape index (κ3) is 2.37. The zero-order chi connectivity index (χ0) is 13.3. The fraction of sp³-hybridized carbons (Fsp3) is 0.900. The van der Waals surface area contributed by atoms with Crippen LogP contribution >= 0.6 is 0 Å². The summed E-state index contributed by atoms with van der Waals surface area (Å²) in [4.78, 5) is 11.7. The summed E-state index contributed by atoms with van der Waals surface area (Å²) in [7, 11) is -3.56. The van der Waals surface area contributed by atoms with Crippen molar-refractivity contribution < 1.29 is 17.9 Å². The van der Waals surface area contributed by atoms with Crippen LogP contribution in [0.1, 0.15) is 19.8 Å². The molecule has 2 heterocycles. The van der Waals surface area contributed by atoms with Crippen molar-refractivity contribution in [3.8, 4) is 0 Å². The van der Waals surface area contributed by atoms with Gasteiger partial charge in [-0.2, -0.15) is 17.0 Å². The molecule has 0 aromatic carbocycles. The molecule has 2 aliphatic rings. The molecule has 1 unspecified atom stereocenters. The monoisotopic (exact) mass is 277 g/mol. The van der Waals surface area contributed by atoms with Gasteiger partial charge in [0.2, 0.25) is 0 Å². The van der Waals surface area contributed by atoms with E-state index in [0.717, 1.165) is 0 Å². The first-order valence-electron chi connectivity index (χ1n) is 6.16. The molecule has 0 spiro atoms. The van der Waals surface area contributed by atoms with E-state index in [1.54, 1.807) is 6.92 Å². The Labute approximate surface area is 107 Å². The lowest BCUT2D eigenvalue weighted by atomic mass is 10.2. The number of nitrogens with two attached hydrogens (primary N) is 1. The van der Waals surface area contributed by atoms with E-state index in [1.165, 1.54) is 8.61 Å². The molecule has 0 aromatic heterocycles. The maximum Gasteiger partial charge on any atom is 0.324 e. The van der Waals surface area contributed by atoms with E-state index in [9.17, 15) is 13.2 Å². The Bertz CT molecular complexity index is 419. The van der Waals surface area contributed by atoms with Crippen LogP contribution in [0.25, 0.3) is 0 Å². The van der Waals surface area contributed by atoms with Gasteiger partial charge in [0.05, 0.1) is 6.61 Å². The van der Waals surface area contributed by atoms with Gasteiger partial charge in [-0.25, -0.2) is 0 Å². The van der Waals surface area contributed by atoms with Gasteiger partial charge in [0, 0.05) is 25.7 Å². The molecule has 0 radical (unpaired) electrons. The molecule has 1 atom stereocenters. The molecule has 2 fully saturated rings. The van der Waals surface area contributed by atoms with E-state index in [1.807, 2.05) is 0 Å². The second-order valence-electron chi connectivity index (χ2n) is 4.61. The Morgan fingerprint density at radius 2 is 2.11 bits per heavy atom. The number of ether oxygens (including phenoxy) is 1. The fourth-order valence-corrected chi connectivity index (χ4v) is 4.23. The van der Waals surface area contributed by atoms with Crippen LogP contribution in [0, 0.1) is 0 Å². The highest BCUT2D eigenvalue weighted by Crippen LogP contribution is 2.26. The highest BCUT2D eigenvalue weighted by atomic mass is 32.2. The molecule has 0 bridgehead atoms. The van der Waals surface area contributed by atoms with Crippen molar-refractivity contribution in [2.75, 3.05) is 26.2 Å². The van der Waals surface area contributed by atoms with Crippen LogP contribution in [0.3, 0.4) is 0 Å². The lowest BCUT2D eigenvalue weighted by Gasteiger charge is -2.39. The first-order valence-corrected chi connectivity index (χ1v) is 7.55. The van der Waals surface area contributed by atoms with Gasteiger partial charge in [-0.05, 0) is 19.8 Å². The quantitative estimate of drug-likeness (QED) is 0.659. The van der Waals surface area contributed by atoms with Gasteiger partial charge in [0.1, 0.15) is 6.04 Å². The smallest absolute Gasteiger partial charge is 0.324 e. The van der Waals surface area contributed by atoms with Crippen LogP contribution in [-0.2, 0) is 19.7 Å². The summed E-state index contributed by atoms with van der Waals surface area (Å²) in [6.07, 6.45) is 1.21. The normalized spacial score (nSPS) is 27.1. The van der Waals surface area contributed by atoms with Gasteiger partial charge in [0.25, 0.3) is 10.2 Å². The van der Waals surface area contributed by atoms with Crippen molar-refractivity contribution in [3.05, 3.63) is 0 Å². The van der Waals surface area contributed by atoms with E-state index in [2.05, 4.69) is 0 Å². The Balaban J connectivity index is 2.09. The average molecular weight is 277 g/mol. The molecule has 2 rings (SSSR count). The van der Waals surface area contributed by atoms with Gasteiger partial charge in [-0.3, -0.25) is 4.79 Å². The standard InChI is InChI=1S/C10H19N3O4S/c1-2-17-10(14)9-4-3-5-13(9)18(15,16)12-6-8(11)7-12/h8-9H,2-7,11H2,1H3. The minimum atomic E-state index is -3.56. The Morgan fingerprint density at radius 1 is 1.44 bits per heavy atom. The summed E-state index contributed by atoms with van der Waals surface area (Å²) < 4.78 is 32.0. The summed E-state index contributed by atoms with van der Waals surface area (Å²) in [5.74, 6) is -0.455.